The number of alkyl halides is 3. The monoisotopic (exact) mass is 515 g/mol. The van der Waals surface area contributed by atoms with Gasteiger partial charge in [-0.1, -0.05) is 0 Å². The SMILES string of the molecule is COc1cc(CNc2ncccc2C(=O)Nc2cc(OC3CCCN(C)C3)cc(C(F)(F)F)c2)ccn1. The van der Waals surface area contributed by atoms with Crippen LogP contribution in [0.1, 0.15) is 34.3 Å². The first-order chi connectivity index (χ1) is 17.7. The largest absolute Gasteiger partial charge is 0.489 e. The molecule has 0 aliphatic carbocycles. The molecule has 1 atom stereocenters. The molecule has 37 heavy (non-hydrogen) atoms. The van der Waals surface area contributed by atoms with E-state index < -0.39 is 17.6 Å². The first-order valence-corrected chi connectivity index (χ1v) is 11.8. The van der Waals surface area contributed by atoms with Crippen LogP contribution in [-0.2, 0) is 12.7 Å². The van der Waals surface area contributed by atoms with Gasteiger partial charge in [0.15, 0.2) is 0 Å². The van der Waals surface area contributed by atoms with Crippen molar-refractivity contribution in [1.82, 2.24) is 14.9 Å². The Morgan fingerprint density at radius 3 is 2.76 bits per heavy atom. The van der Waals surface area contributed by atoms with Gasteiger partial charge < -0.3 is 25.0 Å². The van der Waals surface area contributed by atoms with E-state index in [2.05, 4.69) is 25.5 Å². The van der Waals surface area contributed by atoms with E-state index in [0.29, 0.717) is 19.0 Å². The van der Waals surface area contributed by atoms with Crippen molar-refractivity contribution in [3.63, 3.8) is 0 Å². The summed E-state index contributed by atoms with van der Waals surface area (Å²) in [5.41, 5.74) is 0.0995. The molecule has 1 saturated heterocycles. The van der Waals surface area contributed by atoms with Crippen LogP contribution in [0.25, 0.3) is 0 Å². The predicted molar refractivity (Wildman–Crippen MR) is 133 cm³/mol. The number of pyridine rings is 2. The summed E-state index contributed by atoms with van der Waals surface area (Å²) in [7, 11) is 3.45. The van der Waals surface area contributed by atoms with E-state index in [1.54, 1.807) is 30.5 Å². The van der Waals surface area contributed by atoms with Gasteiger partial charge in [-0.3, -0.25) is 4.79 Å². The van der Waals surface area contributed by atoms with Crippen molar-refractivity contribution < 1.29 is 27.4 Å². The fourth-order valence-corrected chi connectivity index (χ4v) is 4.10. The van der Waals surface area contributed by atoms with Crippen LogP contribution in [0, 0.1) is 0 Å². The Balaban J connectivity index is 1.52. The van der Waals surface area contributed by atoms with Gasteiger partial charge in [-0.05, 0) is 62.3 Å². The summed E-state index contributed by atoms with van der Waals surface area (Å²) in [6.07, 6.45) is -0.0750. The standard InChI is InChI=1S/C26H28F3N5O3/c1-34-10-4-5-20(16-34)37-21-13-18(26(27,28)29)12-19(14-21)33-25(35)22-6-3-8-31-24(22)32-15-17-7-9-30-23(11-17)36-2/h3,6-9,11-14,20H,4-5,10,15-16H2,1-2H3,(H,31,32)(H,33,35). The summed E-state index contributed by atoms with van der Waals surface area (Å²) in [6.45, 7) is 1.86. The number of methoxy groups -OCH3 is 1. The number of ether oxygens (including phenoxy) is 2. The minimum atomic E-state index is -4.60. The Hall–Kier alpha value is -3.86. The summed E-state index contributed by atoms with van der Waals surface area (Å²) in [6, 6.07) is 9.91. The lowest BCUT2D eigenvalue weighted by Crippen LogP contribution is -2.38. The summed E-state index contributed by atoms with van der Waals surface area (Å²) < 4.78 is 51.9. The Kier molecular flexibility index (Phi) is 8.12. The Labute approximate surface area is 212 Å². The smallest absolute Gasteiger partial charge is 0.416 e. The molecule has 0 bridgehead atoms. The number of anilines is 2. The normalized spacial score (nSPS) is 16.2. The molecule has 1 unspecified atom stereocenters. The molecule has 4 rings (SSSR count). The number of likely N-dealkylation sites (N-methyl/N-ethyl adjacent to an activating group) is 1. The molecular formula is C26H28F3N5O3. The predicted octanol–water partition coefficient (Wildman–Crippen LogP) is 4.84. The topological polar surface area (TPSA) is 88.6 Å². The molecule has 196 valence electrons. The Morgan fingerprint density at radius 1 is 1.16 bits per heavy atom. The quantitative estimate of drug-likeness (QED) is 0.444. The molecule has 1 amide bonds. The number of hydrogen-bond acceptors (Lipinski definition) is 7. The fraction of sp³-hybridized carbons (Fsp3) is 0.346. The van der Waals surface area contributed by atoms with Crippen LogP contribution in [-0.4, -0.2) is 54.1 Å². The first kappa shape index (κ1) is 26.2. The Bertz CT molecular complexity index is 1240. The van der Waals surface area contributed by atoms with Crippen LogP contribution < -0.4 is 20.1 Å². The van der Waals surface area contributed by atoms with Crippen LogP contribution in [0.5, 0.6) is 11.6 Å². The number of nitrogens with one attached hydrogen (secondary N) is 2. The van der Waals surface area contributed by atoms with Crippen molar-refractivity contribution in [2.45, 2.75) is 31.7 Å². The number of aromatic nitrogens is 2. The molecule has 1 aliphatic heterocycles. The zero-order valence-corrected chi connectivity index (χ0v) is 20.5. The highest BCUT2D eigenvalue weighted by Crippen LogP contribution is 2.35. The molecule has 3 aromatic rings. The van der Waals surface area contributed by atoms with Crippen LogP contribution in [0.15, 0.2) is 54.9 Å². The number of benzene rings is 1. The zero-order chi connectivity index (χ0) is 26.4. The molecule has 1 fully saturated rings. The maximum Gasteiger partial charge on any atom is 0.416 e. The van der Waals surface area contributed by atoms with Crippen molar-refractivity contribution in [1.29, 1.82) is 0 Å². The van der Waals surface area contributed by atoms with Gasteiger partial charge in [-0.25, -0.2) is 9.97 Å². The van der Waals surface area contributed by atoms with Crippen LogP contribution in [0.3, 0.4) is 0 Å². The van der Waals surface area contributed by atoms with Gasteiger partial charge in [-0.2, -0.15) is 13.2 Å². The number of amides is 1. The van der Waals surface area contributed by atoms with Crippen molar-refractivity contribution >= 4 is 17.4 Å². The number of nitrogens with zero attached hydrogens (tertiary/aromatic N) is 3. The number of piperidine rings is 1. The third-order valence-electron chi connectivity index (χ3n) is 5.90. The summed E-state index contributed by atoms with van der Waals surface area (Å²) in [5.74, 6) is 0.178. The van der Waals surface area contributed by atoms with Crippen molar-refractivity contribution in [3.05, 3.63) is 71.5 Å². The number of rotatable bonds is 8. The number of halogens is 3. The molecular weight excluding hydrogens is 487 g/mol. The first-order valence-electron chi connectivity index (χ1n) is 11.8. The van der Waals surface area contributed by atoms with Crippen LogP contribution in [0.2, 0.25) is 0 Å². The average molecular weight is 516 g/mol. The van der Waals surface area contributed by atoms with E-state index in [-0.39, 0.29) is 28.9 Å². The molecule has 0 radical (unpaired) electrons. The number of hydrogen-bond donors (Lipinski definition) is 2. The fourth-order valence-electron chi connectivity index (χ4n) is 4.10. The van der Waals surface area contributed by atoms with E-state index in [1.807, 2.05) is 7.05 Å². The van der Waals surface area contributed by atoms with Crippen molar-refractivity contribution in [2.24, 2.45) is 0 Å². The molecule has 2 N–H and O–H groups in total. The minimum absolute atomic E-state index is 0.0207. The van der Waals surface area contributed by atoms with Crippen molar-refractivity contribution in [3.8, 4) is 11.6 Å². The van der Waals surface area contributed by atoms with Gasteiger partial charge in [0.1, 0.15) is 17.7 Å². The van der Waals surface area contributed by atoms with Gasteiger partial charge >= 0.3 is 6.18 Å². The average Bonchev–Trinajstić information content (AvgIpc) is 2.87. The van der Waals surface area contributed by atoms with E-state index >= 15 is 0 Å². The van der Waals surface area contributed by atoms with Crippen LogP contribution in [0.4, 0.5) is 24.7 Å². The maximum absolute atomic E-state index is 13.6. The van der Waals surface area contributed by atoms with Gasteiger partial charge in [-0.15, -0.1) is 0 Å². The highest BCUT2D eigenvalue weighted by Gasteiger charge is 2.32. The maximum atomic E-state index is 13.6. The Morgan fingerprint density at radius 2 is 2.00 bits per heavy atom. The second kappa shape index (κ2) is 11.5. The molecule has 3 heterocycles. The highest BCUT2D eigenvalue weighted by atomic mass is 19.4. The molecule has 1 aliphatic rings. The van der Waals surface area contributed by atoms with Gasteiger partial charge in [0.05, 0.1) is 18.2 Å². The second-order valence-corrected chi connectivity index (χ2v) is 8.80. The number of carbonyl (C=O) groups excluding carboxylic acids is 1. The van der Waals surface area contributed by atoms with Gasteiger partial charge in [0.2, 0.25) is 5.88 Å². The molecule has 11 heteroatoms. The van der Waals surface area contributed by atoms with Crippen molar-refractivity contribution in [2.75, 3.05) is 37.9 Å². The van der Waals surface area contributed by atoms with E-state index in [0.717, 1.165) is 37.1 Å². The third kappa shape index (κ3) is 7.10. The molecule has 0 saturated carbocycles. The number of carbonyl (C=O) groups is 1. The minimum Gasteiger partial charge on any atom is -0.489 e. The lowest BCUT2D eigenvalue weighted by Gasteiger charge is -2.30. The molecule has 8 nitrogen and oxygen atoms in total. The number of likely N-dealkylation sites (tertiary alicyclic amines) is 1. The summed E-state index contributed by atoms with van der Waals surface area (Å²) in [5, 5.41) is 5.66. The zero-order valence-electron chi connectivity index (χ0n) is 20.5. The van der Waals surface area contributed by atoms with Gasteiger partial charge in [0, 0.05) is 43.3 Å². The van der Waals surface area contributed by atoms with E-state index in [9.17, 15) is 18.0 Å². The third-order valence-corrected chi connectivity index (χ3v) is 5.90. The second-order valence-electron chi connectivity index (χ2n) is 8.80. The summed E-state index contributed by atoms with van der Waals surface area (Å²) in [4.78, 5) is 23.5. The van der Waals surface area contributed by atoms with Crippen LogP contribution >= 0.6 is 0 Å². The van der Waals surface area contributed by atoms with Gasteiger partial charge in [0.25, 0.3) is 5.91 Å². The highest BCUT2D eigenvalue weighted by molar-refractivity contribution is 6.07. The molecule has 2 aromatic heterocycles. The van der Waals surface area contributed by atoms with E-state index in [4.69, 9.17) is 9.47 Å². The van der Waals surface area contributed by atoms with E-state index in [1.165, 1.54) is 19.4 Å². The molecule has 0 spiro atoms. The summed E-state index contributed by atoms with van der Waals surface area (Å²) >= 11 is 0. The lowest BCUT2D eigenvalue weighted by atomic mass is 10.1. The lowest BCUT2D eigenvalue weighted by molar-refractivity contribution is -0.137. The molecule has 1 aromatic carbocycles.